The van der Waals surface area contributed by atoms with Crippen LogP contribution in [-0.4, -0.2) is 35.2 Å². The number of likely N-dealkylation sites (tertiary alicyclic amines) is 1. The first-order valence-corrected chi connectivity index (χ1v) is 11.0. The third kappa shape index (κ3) is 4.39. The molecule has 0 unspecified atom stereocenters. The van der Waals surface area contributed by atoms with Gasteiger partial charge in [-0.2, -0.15) is 0 Å². The predicted octanol–water partition coefficient (Wildman–Crippen LogP) is 4.97. The van der Waals surface area contributed by atoms with E-state index in [4.69, 9.17) is 14.1 Å². The van der Waals surface area contributed by atoms with Crippen LogP contribution in [0.3, 0.4) is 0 Å². The second-order valence-corrected chi connectivity index (χ2v) is 8.76. The number of piperidine rings is 1. The maximum Gasteiger partial charge on any atom is 0.226 e. The molecule has 0 amide bonds. The highest BCUT2D eigenvalue weighted by Gasteiger charge is 2.27. The van der Waals surface area contributed by atoms with Crippen molar-refractivity contribution in [1.29, 1.82) is 0 Å². The van der Waals surface area contributed by atoms with Gasteiger partial charge in [0.25, 0.3) is 0 Å². The molecular weight excluding hydrogens is 384 g/mol. The third-order valence-corrected chi connectivity index (χ3v) is 6.76. The zero-order valence-electron chi connectivity index (χ0n) is 17.2. The van der Waals surface area contributed by atoms with E-state index in [2.05, 4.69) is 4.90 Å². The molecule has 29 heavy (non-hydrogen) atoms. The van der Waals surface area contributed by atoms with E-state index in [1.165, 1.54) is 0 Å². The van der Waals surface area contributed by atoms with Crippen molar-refractivity contribution in [2.75, 3.05) is 20.2 Å². The van der Waals surface area contributed by atoms with E-state index in [0.29, 0.717) is 11.8 Å². The molecule has 154 valence electrons. The molecule has 0 bridgehead atoms. The lowest BCUT2D eigenvalue weighted by molar-refractivity contribution is 0.0586. The molecule has 1 aliphatic heterocycles. The van der Waals surface area contributed by atoms with Gasteiger partial charge in [-0.25, -0.2) is 4.98 Å². The number of hydrogen-bond acceptors (Lipinski definition) is 6. The minimum absolute atomic E-state index is 0.334. The summed E-state index contributed by atoms with van der Waals surface area (Å²) < 4.78 is 11.3. The number of methoxy groups -OCH3 is 1. The smallest absolute Gasteiger partial charge is 0.226 e. The van der Waals surface area contributed by atoms with Crippen LogP contribution in [0.1, 0.15) is 40.8 Å². The lowest BCUT2D eigenvalue weighted by atomic mass is 9.90. The first kappa shape index (κ1) is 20.1. The van der Waals surface area contributed by atoms with Crippen molar-refractivity contribution in [3.05, 3.63) is 57.6 Å². The Kier molecular flexibility index (Phi) is 6.04. The van der Waals surface area contributed by atoms with Gasteiger partial charge >= 0.3 is 0 Å². The topological polar surface area (TPSA) is 58.7 Å². The SMILES string of the molecule is COc1ccc(-c2nc(CN3CCC([C@@H](O)c4cccs4)CC3)c(C)o2)cc1C. The number of oxazole rings is 1. The summed E-state index contributed by atoms with van der Waals surface area (Å²) in [7, 11) is 1.68. The molecule has 6 heteroatoms. The summed E-state index contributed by atoms with van der Waals surface area (Å²) >= 11 is 1.64. The fourth-order valence-electron chi connectivity index (χ4n) is 4.04. The van der Waals surface area contributed by atoms with Gasteiger partial charge in [0.15, 0.2) is 0 Å². The molecular formula is C23H28N2O3S. The molecule has 1 aliphatic rings. The number of aliphatic hydroxyl groups is 1. The van der Waals surface area contributed by atoms with Crippen molar-refractivity contribution in [2.45, 2.75) is 39.3 Å². The second-order valence-electron chi connectivity index (χ2n) is 7.78. The van der Waals surface area contributed by atoms with Crippen LogP contribution in [0.15, 0.2) is 40.1 Å². The van der Waals surface area contributed by atoms with Crippen molar-refractivity contribution in [3.8, 4) is 17.2 Å². The molecule has 3 heterocycles. The molecule has 5 nitrogen and oxygen atoms in total. The summed E-state index contributed by atoms with van der Waals surface area (Å²) in [4.78, 5) is 8.26. The lowest BCUT2D eigenvalue weighted by Crippen LogP contribution is -2.35. The van der Waals surface area contributed by atoms with Gasteiger partial charge in [0.2, 0.25) is 5.89 Å². The summed E-state index contributed by atoms with van der Waals surface area (Å²) in [5, 5.41) is 12.6. The van der Waals surface area contributed by atoms with E-state index in [-0.39, 0.29) is 6.10 Å². The molecule has 1 N–H and O–H groups in total. The van der Waals surface area contributed by atoms with Gasteiger partial charge in [0.1, 0.15) is 11.5 Å². The molecule has 1 aromatic carbocycles. The number of ether oxygens (including phenoxy) is 1. The average molecular weight is 413 g/mol. The molecule has 0 radical (unpaired) electrons. The van der Waals surface area contributed by atoms with E-state index in [9.17, 15) is 5.11 Å². The Morgan fingerprint density at radius 2 is 2.07 bits per heavy atom. The van der Waals surface area contributed by atoms with Crippen molar-refractivity contribution in [2.24, 2.45) is 5.92 Å². The normalized spacial score (nSPS) is 16.8. The number of benzene rings is 1. The van der Waals surface area contributed by atoms with E-state index in [1.807, 2.05) is 49.6 Å². The van der Waals surface area contributed by atoms with Crippen molar-refractivity contribution < 1.29 is 14.3 Å². The van der Waals surface area contributed by atoms with Crippen LogP contribution in [0.4, 0.5) is 0 Å². The van der Waals surface area contributed by atoms with Crippen LogP contribution in [0, 0.1) is 19.8 Å². The van der Waals surface area contributed by atoms with Crippen molar-refractivity contribution in [1.82, 2.24) is 9.88 Å². The molecule has 0 saturated carbocycles. The summed E-state index contributed by atoms with van der Waals surface area (Å²) in [5.41, 5.74) is 3.02. The lowest BCUT2D eigenvalue weighted by Gasteiger charge is -2.33. The highest BCUT2D eigenvalue weighted by atomic mass is 32.1. The van der Waals surface area contributed by atoms with E-state index >= 15 is 0 Å². The van der Waals surface area contributed by atoms with Gasteiger partial charge < -0.3 is 14.3 Å². The van der Waals surface area contributed by atoms with Crippen LogP contribution in [0.5, 0.6) is 5.75 Å². The maximum absolute atomic E-state index is 10.6. The molecule has 2 aromatic heterocycles. The van der Waals surface area contributed by atoms with Gasteiger partial charge in [-0.1, -0.05) is 6.07 Å². The third-order valence-electron chi connectivity index (χ3n) is 5.82. The fourth-order valence-corrected chi connectivity index (χ4v) is 4.84. The van der Waals surface area contributed by atoms with E-state index in [1.54, 1.807) is 18.4 Å². The Morgan fingerprint density at radius 1 is 1.28 bits per heavy atom. The van der Waals surface area contributed by atoms with Crippen LogP contribution >= 0.6 is 11.3 Å². The molecule has 0 spiro atoms. The van der Waals surface area contributed by atoms with Crippen LogP contribution in [-0.2, 0) is 6.54 Å². The zero-order chi connectivity index (χ0) is 20.4. The monoisotopic (exact) mass is 412 g/mol. The molecule has 1 saturated heterocycles. The van der Waals surface area contributed by atoms with E-state index in [0.717, 1.165) is 65.7 Å². The standard InChI is InChI=1S/C23H28N2O3S/c1-15-13-18(6-7-20(15)27-3)23-24-19(16(2)28-23)14-25-10-8-17(9-11-25)22(26)21-5-4-12-29-21/h4-7,12-13,17,22,26H,8-11,14H2,1-3H3/t22-/m1/s1. The predicted molar refractivity (Wildman–Crippen MR) is 115 cm³/mol. The molecule has 1 atom stereocenters. The minimum Gasteiger partial charge on any atom is -0.496 e. The first-order chi connectivity index (χ1) is 14.0. The minimum atomic E-state index is -0.337. The number of aryl methyl sites for hydroxylation is 2. The Labute approximate surface area is 176 Å². The van der Waals surface area contributed by atoms with Crippen LogP contribution in [0.2, 0.25) is 0 Å². The molecule has 1 fully saturated rings. The Balaban J connectivity index is 1.39. The summed E-state index contributed by atoms with van der Waals surface area (Å²) in [5.74, 6) is 2.73. The van der Waals surface area contributed by atoms with Gasteiger partial charge in [0, 0.05) is 17.0 Å². The number of aromatic nitrogens is 1. The number of nitrogens with zero attached hydrogens (tertiary/aromatic N) is 2. The summed E-state index contributed by atoms with van der Waals surface area (Å²) in [6.07, 6.45) is 1.66. The van der Waals surface area contributed by atoms with Gasteiger partial charge in [0.05, 0.1) is 18.9 Å². The molecule has 4 rings (SSSR count). The van der Waals surface area contributed by atoms with Gasteiger partial charge in [-0.05, 0) is 80.9 Å². The number of aliphatic hydroxyl groups excluding tert-OH is 1. The summed E-state index contributed by atoms with van der Waals surface area (Å²) in [6.45, 7) is 6.72. The Bertz CT molecular complexity index is 943. The van der Waals surface area contributed by atoms with Crippen molar-refractivity contribution >= 4 is 11.3 Å². The Morgan fingerprint density at radius 3 is 2.72 bits per heavy atom. The van der Waals surface area contributed by atoms with Crippen LogP contribution in [0.25, 0.3) is 11.5 Å². The fraction of sp³-hybridized carbons (Fsp3) is 0.435. The second kappa shape index (κ2) is 8.69. The highest BCUT2D eigenvalue weighted by molar-refractivity contribution is 7.10. The largest absolute Gasteiger partial charge is 0.496 e. The maximum atomic E-state index is 10.6. The quantitative estimate of drug-likeness (QED) is 0.619. The molecule has 3 aromatic rings. The zero-order valence-corrected chi connectivity index (χ0v) is 18.0. The number of thiophene rings is 1. The molecule has 0 aliphatic carbocycles. The highest BCUT2D eigenvalue weighted by Crippen LogP contribution is 2.34. The number of rotatable bonds is 6. The van der Waals surface area contributed by atoms with Crippen molar-refractivity contribution in [3.63, 3.8) is 0 Å². The van der Waals surface area contributed by atoms with Crippen LogP contribution < -0.4 is 4.74 Å². The van der Waals surface area contributed by atoms with E-state index < -0.39 is 0 Å². The first-order valence-electron chi connectivity index (χ1n) is 10.1. The Hall–Kier alpha value is -2.15. The summed E-state index contributed by atoms with van der Waals surface area (Å²) in [6, 6.07) is 10.0. The van der Waals surface area contributed by atoms with Gasteiger partial charge in [-0.15, -0.1) is 11.3 Å². The number of hydrogen-bond donors (Lipinski definition) is 1. The van der Waals surface area contributed by atoms with Gasteiger partial charge in [-0.3, -0.25) is 4.90 Å². The average Bonchev–Trinajstić information content (AvgIpc) is 3.39.